The summed E-state index contributed by atoms with van der Waals surface area (Å²) in [5, 5.41) is 13.4. The Balaban J connectivity index is 1.90. The molecule has 1 aliphatic heterocycles. The highest BCUT2D eigenvalue weighted by Gasteiger charge is 2.33. The first kappa shape index (κ1) is 13.5. The number of nitrogens with zero attached hydrogens (tertiary/aromatic N) is 3. The molecule has 2 rings (SSSR count). The van der Waals surface area contributed by atoms with Crippen LogP contribution in [-0.2, 0) is 11.3 Å². The van der Waals surface area contributed by atoms with E-state index in [2.05, 4.69) is 15.0 Å². The van der Waals surface area contributed by atoms with Gasteiger partial charge >= 0.3 is 0 Å². The summed E-state index contributed by atoms with van der Waals surface area (Å²) < 4.78 is 10.5. The van der Waals surface area contributed by atoms with Gasteiger partial charge in [0.2, 0.25) is 5.89 Å². The second kappa shape index (κ2) is 5.77. The lowest BCUT2D eigenvalue weighted by molar-refractivity contribution is -0.0327. The standard InChI is InChI=1S/C12H21N3O3/c1-10-13-11(18-14-10)7-15(2)8-12(9-16)3-5-17-6-4-12/h16H,3-9H2,1-2H3. The fourth-order valence-electron chi connectivity index (χ4n) is 2.43. The highest BCUT2D eigenvalue weighted by Crippen LogP contribution is 2.30. The molecule has 0 atom stereocenters. The Morgan fingerprint density at radius 1 is 1.39 bits per heavy atom. The fourth-order valence-corrected chi connectivity index (χ4v) is 2.43. The van der Waals surface area contributed by atoms with Crippen LogP contribution in [0.2, 0.25) is 0 Å². The van der Waals surface area contributed by atoms with Gasteiger partial charge in [-0.25, -0.2) is 0 Å². The van der Waals surface area contributed by atoms with Crippen molar-refractivity contribution in [2.75, 3.05) is 33.4 Å². The molecule has 102 valence electrons. The van der Waals surface area contributed by atoms with Crippen molar-refractivity contribution in [1.29, 1.82) is 0 Å². The molecule has 1 fully saturated rings. The monoisotopic (exact) mass is 255 g/mol. The third kappa shape index (κ3) is 3.28. The molecule has 2 heterocycles. The first-order valence-electron chi connectivity index (χ1n) is 6.30. The van der Waals surface area contributed by atoms with Crippen LogP contribution in [0.5, 0.6) is 0 Å². The molecule has 0 saturated carbocycles. The molecule has 0 unspecified atom stereocenters. The van der Waals surface area contributed by atoms with Crippen LogP contribution in [0, 0.1) is 12.3 Å². The summed E-state index contributed by atoms with van der Waals surface area (Å²) in [4.78, 5) is 6.31. The summed E-state index contributed by atoms with van der Waals surface area (Å²) in [6.45, 7) is 4.89. The third-order valence-corrected chi connectivity index (χ3v) is 3.47. The minimum atomic E-state index is -0.0535. The van der Waals surface area contributed by atoms with Gasteiger partial charge in [0.05, 0.1) is 13.2 Å². The van der Waals surface area contributed by atoms with Crippen LogP contribution in [0.1, 0.15) is 24.6 Å². The second-order valence-corrected chi connectivity index (χ2v) is 5.18. The molecule has 6 heteroatoms. The summed E-state index contributed by atoms with van der Waals surface area (Å²) in [5.74, 6) is 1.27. The molecular weight excluding hydrogens is 234 g/mol. The van der Waals surface area contributed by atoms with Gasteiger partial charge in [0.15, 0.2) is 5.82 Å². The molecule has 0 amide bonds. The minimum absolute atomic E-state index is 0.0535. The molecule has 1 aromatic rings. The molecule has 0 spiro atoms. The second-order valence-electron chi connectivity index (χ2n) is 5.18. The van der Waals surface area contributed by atoms with Crippen LogP contribution in [0.4, 0.5) is 0 Å². The summed E-state index contributed by atoms with van der Waals surface area (Å²) in [7, 11) is 2.01. The molecule has 6 nitrogen and oxygen atoms in total. The minimum Gasteiger partial charge on any atom is -0.396 e. The van der Waals surface area contributed by atoms with Crippen molar-refractivity contribution in [2.45, 2.75) is 26.3 Å². The van der Waals surface area contributed by atoms with Crippen molar-refractivity contribution >= 4 is 0 Å². The summed E-state index contributed by atoms with van der Waals surface area (Å²) in [5.41, 5.74) is -0.0535. The predicted octanol–water partition coefficient (Wildman–Crippen LogP) is 0.599. The molecule has 18 heavy (non-hydrogen) atoms. The van der Waals surface area contributed by atoms with E-state index in [-0.39, 0.29) is 12.0 Å². The molecule has 0 radical (unpaired) electrons. The number of aliphatic hydroxyl groups is 1. The molecular formula is C12H21N3O3. The zero-order valence-electron chi connectivity index (χ0n) is 11.1. The Hall–Kier alpha value is -0.980. The van der Waals surface area contributed by atoms with Gasteiger partial charge in [-0.1, -0.05) is 5.16 Å². The van der Waals surface area contributed by atoms with E-state index in [0.29, 0.717) is 18.3 Å². The SMILES string of the molecule is Cc1noc(CN(C)CC2(CO)CCOCC2)n1. The van der Waals surface area contributed by atoms with E-state index in [4.69, 9.17) is 9.26 Å². The maximum Gasteiger partial charge on any atom is 0.240 e. The summed E-state index contributed by atoms with van der Waals surface area (Å²) in [6, 6.07) is 0. The quantitative estimate of drug-likeness (QED) is 0.830. The predicted molar refractivity (Wildman–Crippen MR) is 64.9 cm³/mol. The van der Waals surface area contributed by atoms with Gasteiger partial charge in [0.1, 0.15) is 0 Å². The van der Waals surface area contributed by atoms with Crippen molar-refractivity contribution in [2.24, 2.45) is 5.41 Å². The number of hydrogen-bond acceptors (Lipinski definition) is 6. The lowest BCUT2D eigenvalue weighted by atomic mass is 9.80. The zero-order chi connectivity index (χ0) is 13.0. The fraction of sp³-hybridized carbons (Fsp3) is 0.833. The van der Waals surface area contributed by atoms with Crippen molar-refractivity contribution in [3.05, 3.63) is 11.7 Å². The largest absolute Gasteiger partial charge is 0.396 e. The average Bonchev–Trinajstić information content (AvgIpc) is 2.75. The number of rotatable bonds is 5. The lowest BCUT2D eigenvalue weighted by Gasteiger charge is -2.38. The first-order chi connectivity index (χ1) is 8.63. The van der Waals surface area contributed by atoms with Gasteiger partial charge in [-0.05, 0) is 26.8 Å². The van der Waals surface area contributed by atoms with Crippen LogP contribution >= 0.6 is 0 Å². The topological polar surface area (TPSA) is 71.6 Å². The van der Waals surface area contributed by atoms with E-state index in [9.17, 15) is 5.11 Å². The Kier molecular flexibility index (Phi) is 4.31. The van der Waals surface area contributed by atoms with Crippen LogP contribution < -0.4 is 0 Å². The van der Waals surface area contributed by atoms with E-state index >= 15 is 0 Å². The Bertz CT molecular complexity index is 374. The van der Waals surface area contributed by atoms with E-state index < -0.39 is 0 Å². The van der Waals surface area contributed by atoms with Crippen LogP contribution in [-0.4, -0.2) is 53.6 Å². The van der Waals surface area contributed by atoms with Gasteiger partial charge in [-0.2, -0.15) is 4.98 Å². The molecule has 0 aromatic carbocycles. The first-order valence-corrected chi connectivity index (χ1v) is 6.30. The Morgan fingerprint density at radius 2 is 2.11 bits per heavy atom. The van der Waals surface area contributed by atoms with E-state index in [1.54, 1.807) is 6.92 Å². The maximum absolute atomic E-state index is 9.63. The van der Waals surface area contributed by atoms with E-state index in [1.807, 2.05) is 7.05 Å². The van der Waals surface area contributed by atoms with Crippen molar-refractivity contribution in [1.82, 2.24) is 15.0 Å². The van der Waals surface area contributed by atoms with Crippen LogP contribution in [0.25, 0.3) is 0 Å². The smallest absolute Gasteiger partial charge is 0.240 e. The van der Waals surface area contributed by atoms with Gasteiger partial charge in [-0.3, -0.25) is 4.90 Å². The van der Waals surface area contributed by atoms with Crippen molar-refractivity contribution in [3.63, 3.8) is 0 Å². The number of hydrogen-bond donors (Lipinski definition) is 1. The highest BCUT2D eigenvalue weighted by atomic mass is 16.5. The highest BCUT2D eigenvalue weighted by molar-refractivity contribution is 4.87. The van der Waals surface area contributed by atoms with Gasteiger partial charge < -0.3 is 14.4 Å². The summed E-state index contributed by atoms with van der Waals surface area (Å²) in [6.07, 6.45) is 1.80. The van der Waals surface area contributed by atoms with Crippen molar-refractivity contribution in [3.8, 4) is 0 Å². The zero-order valence-corrected chi connectivity index (χ0v) is 11.1. The van der Waals surface area contributed by atoms with Crippen molar-refractivity contribution < 1.29 is 14.4 Å². The number of aryl methyl sites for hydroxylation is 1. The Morgan fingerprint density at radius 3 is 2.67 bits per heavy atom. The maximum atomic E-state index is 9.63. The third-order valence-electron chi connectivity index (χ3n) is 3.47. The average molecular weight is 255 g/mol. The van der Waals surface area contributed by atoms with E-state index in [1.165, 1.54) is 0 Å². The van der Waals surface area contributed by atoms with Crippen LogP contribution in [0.3, 0.4) is 0 Å². The molecule has 0 aliphatic carbocycles. The van der Waals surface area contributed by atoms with Gasteiger partial charge in [0, 0.05) is 25.2 Å². The summed E-state index contributed by atoms with van der Waals surface area (Å²) >= 11 is 0. The number of aromatic nitrogens is 2. The normalized spacial score (nSPS) is 19.3. The number of aliphatic hydroxyl groups excluding tert-OH is 1. The molecule has 1 aromatic heterocycles. The molecule has 1 saturated heterocycles. The molecule has 1 N–H and O–H groups in total. The van der Waals surface area contributed by atoms with E-state index in [0.717, 1.165) is 32.6 Å². The van der Waals surface area contributed by atoms with Gasteiger partial charge in [0.25, 0.3) is 0 Å². The van der Waals surface area contributed by atoms with Crippen LogP contribution in [0.15, 0.2) is 4.52 Å². The molecule has 1 aliphatic rings. The lowest BCUT2D eigenvalue weighted by Crippen LogP contribution is -2.42. The Labute approximate surface area is 107 Å². The van der Waals surface area contributed by atoms with Gasteiger partial charge in [-0.15, -0.1) is 0 Å². The number of ether oxygens (including phenoxy) is 1. The molecule has 0 bridgehead atoms.